The van der Waals surface area contributed by atoms with Crippen LogP contribution < -0.4 is 9.64 Å². The summed E-state index contributed by atoms with van der Waals surface area (Å²) in [6.45, 7) is 3.59. The molecule has 0 aliphatic carbocycles. The molecule has 2 aromatic rings. The summed E-state index contributed by atoms with van der Waals surface area (Å²) in [7, 11) is 1.56. The first-order chi connectivity index (χ1) is 13.5. The van der Waals surface area contributed by atoms with Crippen molar-refractivity contribution in [2.75, 3.05) is 18.6 Å². The second-order valence-electron chi connectivity index (χ2n) is 6.13. The summed E-state index contributed by atoms with van der Waals surface area (Å²) < 4.78 is 23.5. The molecule has 6 heteroatoms. The summed E-state index contributed by atoms with van der Waals surface area (Å²) in [6.07, 6.45) is 1.57. The van der Waals surface area contributed by atoms with E-state index in [0.29, 0.717) is 22.7 Å². The summed E-state index contributed by atoms with van der Waals surface area (Å²) in [5, 5.41) is 0. The standard InChI is InChI=1S/C22H20FNO4/c1-4-28-22(26)20-14(2)24(17-9-11-18(27-3)12-10-17)21(25)19(20)13-15-5-7-16(23)8-6-15/h5-13H,4H2,1-3H3. The van der Waals surface area contributed by atoms with Gasteiger partial charge in [-0.25, -0.2) is 9.18 Å². The molecule has 1 amide bonds. The molecule has 0 fully saturated rings. The highest BCUT2D eigenvalue weighted by Crippen LogP contribution is 2.36. The van der Waals surface area contributed by atoms with Gasteiger partial charge in [0.25, 0.3) is 5.91 Å². The molecule has 1 aliphatic rings. The van der Waals surface area contributed by atoms with Crippen LogP contribution in [0.3, 0.4) is 0 Å². The van der Waals surface area contributed by atoms with Crippen molar-refractivity contribution in [1.29, 1.82) is 0 Å². The van der Waals surface area contributed by atoms with Crippen LogP contribution in [0.2, 0.25) is 0 Å². The van der Waals surface area contributed by atoms with Crippen LogP contribution >= 0.6 is 0 Å². The Labute approximate surface area is 162 Å². The Bertz CT molecular complexity index is 959. The summed E-state index contributed by atoms with van der Waals surface area (Å²) in [5.74, 6) is -0.644. The van der Waals surface area contributed by atoms with Gasteiger partial charge in [0.1, 0.15) is 11.6 Å². The fourth-order valence-electron chi connectivity index (χ4n) is 3.05. The smallest absolute Gasteiger partial charge is 0.340 e. The van der Waals surface area contributed by atoms with E-state index in [1.54, 1.807) is 63.4 Å². The van der Waals surface area contributed by atoms with Gasteiger partial charge in [-0.05, 0) is 61.9 Å². The molecule has 1 aliphatic heterocycles. The number of hydrogen-bond donors (Lipinski definition) is 0. The number of benzene rings is 2. The van der Waals surface area contributed by atoms with Gasteiger partial charge in [0.15, 0.2) is 0 Å². The highest BCUT2D eigenvalue weighted by Gasteiger charge is 2.38. The number of methoxy groups -OCH3 is 1. The Morgan fingerprint density at radius 3 is 2.32 bits per heavy atom. The largest absolute Gasteiger partial charge is 0.497 e. The molecule has 0 bridgehead atoms. The van der Waals surface area contributed by atoms with Crippen LogP contribution in [-0.4, -0.2) is 25.6 Å². The number of carbonyl (C=O) groups is 2. The van der Waals surface area contributed by atoms with Crippen molar-refractivity contribution in [2.24, 2.45) is 0 Å². The fourth-order valence-corrected chi connectivity index (χ4v) is 3.05. The number of amides is 1. The third-order valence-electron chi connectivity index (χ3n) is 4.39. The van der Waals surface area contributed by atoms with Gasteiger partial charge >= 0.3 is 5.97 Å². The highest BCUT2D eigenvalue weighted by molar-refractivity contribution is 6.23. The number of carbonyl (C=O) groups excluding carboxylic acids is 2. The maximum absolute atomic E-state index is 13.2. The van der Waals surface area contributed by atoms with Crippen LogP contribution in [0.15, 0.2) is 65.4 Å². The van der Waals surface area contributed by atoms with Crippen LogP contribution in [0.5, 0.6) is 5.75 Å². The Hall–Kier alpha value is -3.41. The topological polar surface area (TPSA) is 55.8 Å². The number of allylic oxidation sites excluding steroid dienone is 1. The van der Waals surface area contributed by atoms with Crippen LogP contribution in [0.1, 0.15) is 19.4 Å². The third kappa shape index (κ3) is 3.67. The average Bonchev–Trinajstić information content (AvgIpc) is 2.93. The molecule has 0 aromatic heterocycles. The number of rotatable bonds is 5. The molecule has 1 heterocycles. The van der Waals surface area contributed by atoms with E-state index < -0.39 is 5.97 Å². The zero-order valence-electron chi connectivity index (χ0n) is 15.9. The maximum Gasteiger partial charge on any atom is 0.340 e. The summed E-state index contributed by atoms with van der Waals surface area (Å²) >= 11 is 0. The van der Waals surface area contributed by atoms with Gasteiger partial charge in [0.05, 0.1) is 24.9 Å². The quantitative estimate of drug-likeness (QED) is 0.578. The Morgan fingerprint density at radius 2 is 1.75 bits per heavy atom. The van der Waals surface area contributed by atoms with Crippen molar-refractivity contribution < 1.29 is 23.5 Å². The van der Waals surface area contributed by atoms with Crippen molar-refractivity contribution in [3.8, 4) is 5.75 Å². The van der Waals surface area contributed by atoms with Crippen molar-refractivity contribution in [3.05, 3.63) is 76.8 Å². The number of halogens is 1. The molecule has 3 rings (SSSR count). The second-order valence-corrected chi connectivity index (χ2v) is 6.13. The molecule has 5 nitrogen and oxygen atoms in total. The van der Waals surface area contributed by atoms with E-state index in [0.717, 1.165) is 0 Å². The van der Waals surface area contributed by atoms with E-state index >= 15 is 0 Å². The molecule has 28 heavy (non-hydrogen) atoms. The lowest BCUT2D eigenvalue weighted by molar-refractivity contribution is -0.138. The molecule has 0 saturated carbocycles. The van der Waals surface area contributed by atoms with E-state index in [-0.39, 0.29) is 29.5 Å². The van der Waals surface area contributed by atoms with Crippen LogP contribution in [0.25, 0.3) is 6.08 Å². The van der Waals surface area contributed by atoms with Gasteiger partial charge < -0.3 is 9.47 Å². The minimum Gasteiger partial charge on any atom is -0.497 e. The minimum absolute atomic E-state index is 0.191. The number of esters is 1. The van der Waals surface area contributed by atoms with Gasteiger partial charge in [-0.3, -0.25) is 9.69 Å². The lowest BCUT2D eigenvalue weighted by atomic mass is 10.0. The maximum atomic E-state index is 13.2. The highest BCUT2D eigenvalue weighted by atomic mass is 19.1. The lowest BCUT2D eigenvalue weighted by Crippen LogP contribution is -2.24. The molecule has 0 atom stereocenters. The molecule has 0 radical (unpaired) electrons. The van der Waals surface area contributed by atoms with Crippen LogP contribution in [-0.2, 0) is 14.3 Å². The summed E-state index contributed by atoms with van der Waals surface area (Å²) in [5.41, 5.74) is 2.09. The van der Waals surface area contributed by atoms with Crippen molar-refractivity contribution in [1.82, 2.24) is 0 Å². The predicted octanol–water partition coefficient (Wildman–Crippen LogP) is 4.10. The van der Waals surface area contributed by atoms with Crippen LogP contribution in [0.4, 0.5) is 10.1 Å². The van der Waals surface area contributed by atoms with E-state index in [4.69, 9.17) is 9.47 Å². The molecule has 144 valence electrons. The van der Waals surface area contributed by atoms with E-state index in [2.05, 4.69) is 0 Å². The SMILES string of the molecule is CCOC(=O)C1=C(C)N(c2ccc(OC)cc2)C(=O)C1=Cc1ccc(F)cc1. The fraction of sp³-hybridized carbons (Fsp3) is 0.182. The molecule has 0 unspecified atom stereocenters. The normalized spacial score (nSPS) is 15.4. The first kappa shape index (κ1) is 19.4. The van der Waals surface area contributed by atoms with E-state index in [9.17, 15) is 14.0 Å². The first-order valence-electron chi connectivity index (χ1n) is 8.80. The zero-order valence-corrected chi connectivity index (χ0v) is 15.9. The number of ether oxygens (including phenoxy) is 2. The molecule has 0 N–H and O–H groups in total. The average molecular weight is 381 g/mol. The Morgan fingerprint density at radius 1 is 1.11 bits per heavy atom. The Kier molecular flexibility index (Phi) is 5.59. The van der Waals surface area contributed by atoms with Crippen molar-refractivity contribution >= 4 is 23.6 Å². The van der Waals surface area contributed by atoms with Crippen molar-refractivity contribution in [3.63, 3.8) is 0 Å². The number of anilines is 1. The molecule has 0 saturated heterocycles. The molecule has 0 spiro atoms. The van der Waals surface area contributed by atoms with Crippen molar-refractivity contribution in [2.45, 2.75) is 13.8 Å². The first-order valence-corrected chi connectivity index (χ1v) is 8.80. The van der Waals surface area contributed by atoms with Crippen LogP contribution in [0, 0.1) is 5.82 Å². The summed E-state index contributed by atoms with van der Waals surface area (Å²) in [6, 6.07) is 12.6. The molecular weight excluding hydrogens is 361 g/mol. The van der Waals surface area contributed by atoms with Gasteiger partial charge in [-0.15, -0.1) is 0 Å². The van der Waals surface area contributed by atoms with Gasteiger partial charge in [-0.2, -0.15) is 0 Å². The number of hydrogen-bond acceptors (Lipinski definition) is 4. The number of nitrogens with zero attached hydrogens (tertiary/aromatic N) is 1. The lowest BCUT2D eigenvalue weighted by Gasteiger charge is -2.18. The van der Waals surface area contributed by atoms with Gasteiger partial charge in [0, 0.05) is 11.4 Å². The molecule has 2 aromatic carbocycles. The minimum atomic E-state index is -0.572. The predicted molar refractivity (Wildman–Crippen MR) is 104 cm³/mol. The zero-order chi connectivity index (χ0) is 20.3. The Balaban J connectivity index is 2.09. The van der Waals surface area contributed by atoms with Gasteiger partial charge in [-0.1, -0.05) is 12.1 Å². The second kappa shape index (κ2) is 8.08. The summed E-state index contributed by atoms with van der Waals surface area (Å²) in [4.78, 5) is 27.2. The monoisotopic (exact) mass is 381 g/mol. The molecular formula is C22H20FNO4. The third-order valence-corrected chi connectivity index (χ3v) is 4.39. The van der Waals surface area contributed by atoms with E-state index in [1.165, 1.54) is 17.0 Å². The van der Waals surface area contributed by atoms with Gasteiger partial charge in [0.2, 0.25) is 0 Å². The van der Waals surface area contributed by atoms with E-state index in [1.807, 2.05) is 0 Å².